The van der Waals surface area contributed by atoms with E-state index < -0.39 is 0 Å². The highest BCUT2D eigenvalue weighted by atomic mass is 32.2. The van der Waals surface area contributed by atoms with Gasteiger partial charge in [0.2, 0.25) is 0 Å². The molecule has 4 nitrogen and oxygen atoms in total. The van der Waals surface area contributed by atoms with Gasteiger partial charge in [0.05, 0.1) is 6.61 Å². The van der Waals surface area contributed by atoms with Crippen LogP contribution < -0.4 is 5.32 Å². The minimum Gasteiger partial charge on any atom is -0.384 e. The maximum absolute atomic E-state index is 4.97. The van der Waals surface area contributed by atoms with Gasteiger partial charge in [-0.1, -0.05) is 18.7 Å². The molecule has 5 heteroatoms. The molecule has 0 radical (unpaired) electrons. The van der Waals surface area contributed by atoms with Crippen molar-refractivity contribution in [3.63, 3.8) is 0 Å². The first-order chi connectivity index (χ1) is 7.86. The normalized spacial score (nSPS) is 10.6. The Morgan fingerprint density at radius 1 is 1.38 bits per heavy atom. The monoisotopic (exact) mass is 241 g/mol. The average molecular weight is 241 g/mol. The van der Waals surface area contributed by atoms with E-state index in [9.17, 15) is 0 Å². The van der Waals surface area contributed by atoms with Crippen LogP contribution in [0.25, 0.3) is 0 Å². The third kappa shape index (κ3) is 5.44. The third-order valence-corrected chi connectivity index (χ3v) is 2.80. The zero-order chi connectivity index (χ0) is 11.6. The highest BCUT2D eigenvalue weighted by Crippen LogP contribution is 2.11. The Kier molecular flexibility index (Phi) is 7.12. The van der Waals surface area contributed by atoms with Gasteiger partial charge < -0.3 is 10.1 Å². The molecule has 0 aliphatic rings. The summed E-state index contributed by atoms with van der Waals surface area (Å²) in [5.41, 5.74) is 1.13. The van der Waals surface area contributed by atoms with Crippen LogP contribution in [0.15, 0.2) is 17.6 Å². The molecule has 1 heterocycles. The van der Waals surface area contributed by atoms with Crippen molar-refractivity contribution < 1.29 is 4.74 Å². The quantitative estimate of drug-likeness (QED) is 0.426. The van der Waals surface area contributed by atoms with Crippen molar-refractivity contribution >= 4 is 11.8 Å². The lowest BCUT2D eigenvalue weighted by Gasteiger charge is -2.03. The number of nitrogens with one attached hydrogen (secondary N) is 1. The average Bonchev–Trinajstić information content (AvgIpc) is 2.32. The van der Waals surface area contributed by atoms with Crippen molar-refractivity contribution in [3.8, 4) is 0 Å². The minimum absolute atomic E-state index is 0.730. The first kappa shape index (κ1) is 13.4. The highest BCUT2D eigenvalue weighted by molar-refractivity contribution is 7.99. The summed E-state index contributed by atoms with van der Waals surface area (Å²) < 4.78 is 4.97. The molecule has 1 aromatic rings. The fourth-order valence-corrected chi connectivity index (χ4v) is 1.82. The molecule has 0 amide bonds. The van der Waals surface area contributed by atoms with Gasteiger partial charge in [-0.2, -0.15) is 0 Å². The second kappa shape index (κ2) is 8.50. The molecule has 1 aromatic heterocycles. The maximum atomic E-state index is 4.97. The molecule has 1 N–H and O–H groups in total. The smallest absolute Gasteiger partial charge is 0.187 e. The number of rotatable bonds is 8. The van der Waals surface area contributed by atoms with Gasteiger partial charge in [-0.3, -0.25) is 0 Å². The molecule has 90 valence electrons. The Balaban J connectivity index is 2.30. The van der Waals surface area contributed by atoms with Gasteiger partial charge in [0.25, 0.3) is 0 Å². The zero-order valence-electron chi connectivity index (χ0n) is 9.90. The summed E-state index contributed by atoms with van der Waals surface area (Å²) in [5.74, 6) is 0.893. The van der Waals surface area contributed by atoms with Crippen LogP contribution >= 0.6 is 11.8 Å². The fraction of sp³-hybridized carbons (Fsp3) is 0.636. The third-order valence-electron chi connectivity index (χ3n) is 1.96. The van der Waals surface area contributed by atoms with Crippen LogP contribution in [-0.2, 0) is 11.3 Å². The fourth-order valence-electron chi connectivity index (χ4n) is 1.13. The first-order valence-electron chi connectivity index (χ1n) is 5.50. The Hall–Kier alpha value is -0.650. The van der Waals surface area contributed by atoms with Crippen LogP contribution in [0.3, 0.4) is 0 Å². The van der Waals surface area contributed by atoms with Crippen LogP contribution in [0, 0.1) is 0 Å². The maximum Gasteiger partial charge on any atom is 0.187 e. The SMILES string of the molecule is CCCNCc1cnc(SCCOC)nc1. The van der Waals surface area contributed by atoms with Gasteiger partial charge >= 0.3 is 0 Å². The van der Waals surface area contributed by atoms with Crippen LogP contribution in [0.1, 0.15) is 18.9 Å². The van der Waals surface area contributed by atoms with E-state index in [0.29, 0.717) is 0 Å². The summed E-state index contributed by atoms with van der Waals surface area (Å²) in [6, 6.07) is 0. The van der Waals surface area contributed by atoms with Gasteiger partial charge in [-0.15, -0.1) is 0 Å². The highest BCUT2D eigenvalue weighted by Gasteiger charge is 1.98. The van der Waals surface area contributed by atoms with Crippen molar-refractivity contribution in [1.82, 2.24) is 15.3 Å². The molecule has 0 aliphatic heterocycles. The van der Waals surface area contributed by atoms with Crippen molar-refractivity contribution in [3.05, 3.63) is 18.0 Å². The second-order valence-electron chi connectivity index (χ2n) is 3.39. The molecule has 16 heavy (non-hydrogen) atoms. The molecule has 0 saturated carbocycles. The number of aromatic nitrogens is 2. The summed E-state index contributed by atoms with van der Waals surface area (Å²) in [6.45, 7) is 4.76. The lowest BCUT2D eigenvalue weighted by atomic mass is 10.3. The number of ether oxygens (including phenoxy) is 1. The first-order valence-corrected chi connectivity index (χ1v) is 6.48. The van der Waals surface area contributed by atoms with Crippen LogP contribution in [0.2, 0.25) is 0 Å². The molecule has 0 aliphatic carbocycles. The van der Waals surface area contributed by atoms with E-state index in [1.54, 1.807) is 18.9 Å². The van der Waals surface area contributed by atoms with Gasteiger partial charge in [-0.05, 0) is 13.0 Å². The summed E-state index contributed by atoms with van der Waals surface area (Å²) in [6.07, 6.45) is 4.90. The van der Waals surface area contributed by atoms with Gasteiger partial charge in [0, 0.05) is 37.4 Å². The van der Waals surface area contributed by atoms with Crippen molar-refractivity contribution in [2.75, 3.05) is 26.0 Å². The largest absolute Gasteiger partial charge is 0.384 e. The number of thioether (sulfide) groups is 1. The predicted octanol–water partition coefficient (Wildman–Crippen LogP) is 1.71. The Morgan fingerprint density at radius 2 is 2.12 bits per heavy atom. The molecular formula is C11H19N3OS. The molecule has 0 spiro atoms. The number of nitrogens with zero attached hydrogens (tertiary/aromatic N) is 2. The van der Waals surface area contributed by atoms with Crippen LogP contribution in [-0.4, -0.2) is 36.0 Å². The van der Waals surface area contributed by atoms with E-state index in [2.05, 4.69) is 22.2 Å². The molecule has 0 unspecified atom stereocenters. The molecule has 0 bridgehead atoms. The van der Waals surface area contributed by atoms with E-state index >= 15 is 0 Å². The summed E-state index contributed by atoms with van der Waals surface area (Å²) in [5, 5.41) is 4.13. The summed E-state index contributed by atoms with van der Waals surface area (Å²) in [7, 11) is 1.70. The van der Waals surface area contributed by atoms with E-state index in [0.717, 1.165) is 42.6 Å². The molecule has 0 fully saturated rings. The molecule has 0 saturated heterocycles. The molecule has 0 aromatic carbocycles. The zero-order valence-corrected chi connectivity index (χ0v) is 10.7. The van der Waals surface area contributed by atoms with Crippen molar-refractivity contribution in [2.45, 2.75) is 25.0 Å². The van der Waals surface area contributed by atoms with Crippen LogP contribution in [0.4, 0.5) is 0 Å². The van der Waals surface area contributed by atoms with Gasteiger partial charge in [-0.25, -0.2) is 9.97 Å². The molecular weight excluding hydrogens is 222 g/mol. The van der Waals surface area contributed by atoms with E-state index in [1.807, 2.05) is 12.4 Å². The summed E-state index contributed by atoms with van der Waals surface area (Å²) in [4.78, 5) is 8.57. The van der Waals surface area contributed by atoms with Crippen molar-refractivity contribution in [2.24, 2.45) is 0 Å². The van der Waals surface area contributed by atoms with E-state index in [-0.39, 0.29) is 0 Å². The number of hydrogen-bond acceptors (Lipinski definition) is 5. The lowest BCUT2D eigenvalue weighted by Crippen LogP contribution is -2.14. The minimum atomic E-state index is 0.730. The molecule has 1 rings (SSSR count). The standard InChI is InChI=1S/C11H19N3OS/c1-3-4-12-7-10-8-13-11(14-9-10)16-6-5-15-2/h8-9,12H,3-7H2,1-2H3. The van der Waals surface area contributed by atoms with Gasteiger partial charge in [0.1, 0.15) is 0 Å². The number of methoxy groups -OCH3 is 1. The Bertz CT molecular complexity index is 250. The lowest BCUT2D eigenvalue weighted by molar-refractivity contribution is 0.218. The van der Waals surface area contributed by atoms with Gasteiger partial charge in [0.15, 0.2) is 5.16 Å². The van der Waals surface area contributed by atoms with Crippen LogP contribution in [0.5, 0.6) is 0 Å². The van der Waals surface area contributed by atoms with E-state index in [1.165, 1.54) is 0 Å². The second-order valence-corrected chi connectivity index (χ2v) is 4.45. The predicted molar refractivity (Wildman–Crippen MR) is 66.6 cm³/mol. The Labute approximate surface area is 101 Å². The van der Waals surface area contributed by atoms with Crippen molar-refractivity contribution in [1.29, 1.82) is 0 Å². The summed E-state index contributed by atoms with van der Waals surface area (Å²) >= 11 is 1.61. The molecule has 0 atom stereocenters. The van der Waals surface area contributed by atoms with E-state index in [4.69, 9.17) is 4.74 Å². The number of hydrogen-bond donors (Lipinski definition) is 1. The Morgan fingerprint density at radius 3 is 2.75 bits per heavy atom. The topological polar surface area (TPSA) is 47.0 Å².